The summed E-state index contributed by atoms with van der Waals surface area (Å²) < 4.78 is 5.37. The maximum Gasteiger partial charge on any atom is 0.326 e. The zero-order valence-electron chi connectivity index (χ0n) is 13.7. The predicted octanol–water partition coefficient (Wildman–Crippen LogP) is 3.54. The Morgan fingerprint density at radius 2 is 1.67 bits per heavy atom. The van der Waals surface area contributed by atoms with Crippen molar-refractivity contribution in [3.8, 4) is 0 Å². The minimum absolute atomic E-state index is 0.127. The minimum Gasteiger partial charge on any atom is -0.399 e. The van der Waals surface area contributed by atoms with Crippen molar-refractivity contribution in [2.24, 2.45) is 5.92 Å². The summed E-state index contributed by atoms with van der Waals surface area (Å²) in [6.07, 6.45) is 1.99. The van der Waals surface area contributed by atoms with Gasteiger partial charge in [-0.2, -0.15) is 0 Å². The number of anilines is 3. The molecular formula is C19H23N3O2. The van der Waals surface area contributed by atoms with Gasteiger partial charge in [0.05, 0.1) is 11.4 Å². The summed E-state index contributed by atoms with van der Waals surface area (Å²) in [4.78, 5) is 14.5. The summed E-state index contributed by atoms with van der Waals surface area (Å²) in [6.45, 7) is 2.22. The molecule has 2 amide bonds. The van der Waals surface area contributed by atoms with Crippen molar-refractivity contribution in [2.45, 2.75) is 12.8 Å². The number of nitrogen functional groups attached to an aromatic ring is 1. The summed E-state index contributed by atoms with van der Waals surface area (Å²) in [5.41, 5.74) is 8.06. The van der Waals surface area contributed by atoms with E-state index in [2.05, 4.69) is 5.32 Å². The van der Waals surface area contributed by atoms with Gasteiger partial charge in [-0.15, -0.1) is 0 Å². The standard InChI is InChI=1S/C19H23N3O2/c20-16-6-8-18(9-7-16)22(17-4-2-1-3-5-17)19(23)21-14-15-10-12-24-13-11-15/h1-9,15H,10-14,20H2,(H,21,23). The highest BCUT2D eigenvalue weighted by atomic mass is 16.5. The molecule has 126 valence electrons. The third kappa shape index (κ3) is 4.06. The maximum atomic E-state index is 12.8. The van der Waals surface area contributed by atoms with Crippen molar-refractivity contribution in [3.05, 3.63) is 54.6 Å². The number of carbonyl (C=O) groups is 1. The number of ether oxygens (including phenoxy) is 1. The fourth-order valence-corrected chi connectivity index (χ4v) is 2.85. The molecule has 0 saturated carbocycles. The van der Waals surface area contributed by atoms with Crippen LogP contribution in [0.25, 0.3) is 0 Å². The smallest absolute Gasteiger partial charge is 0.326 e. The molecule has 1 aliphatic rings. The van der Waals surface area contributed by atoms with E-state index in [4.69, 9.17) is 10.5 Å². The van der Waals surface area contributed by atoms with E-state index in [1.54, 1.807) is 17.0 Å². The van der Waals surface area contributed by atoms with Crippen molar-refractivity contribution < 1.29 is 9.53 Å². The number of hydrogen-bond donors (Lipinski definition) is 2. The highest BCUT2D eigenvalue weighted by Gasteiger charge is 2.20. The summed E-state index contributed by atoms with van der Waals surface area (Å²) in [7, 11) is 0. The van der Waals surface area contributed by atoms with E-state index in [0.29, 0.717) is 18.2 Å². The number of carbonyl (C=O) groups excluding carboxylic acids is 1. The quantitative estimate of drug-likeness (QED) is 0.845. The van der Waals surface area contributed by atoms with Crippen molar-refractivity contribution in [1.29, 1.82) is 0 Å². The molecule has 0 atom stereocenters. The second-order valence-corrected chi connectivity index (χ2v) is 6.00. The number of benzene rings is 2. The number of nitrogens with one attached hydrogen (secondary N) is 1. The molecule has 3 rings (SSSR count). The Kier molecular flexibility index (Phi) is 5.33. The molecule has 0 unspecified atom stereocenters. The molecule has 0 radical (unpaired) electrons. The normalized spacial score (nSPS) is 15.0. The Morgan fingerprint density at radius 1 is 1.04 bits per heavy atom. The zero-order chi connectivity index (χ0) is 16.8. The third-order valence-electron chi connectivity index (χ3n) is 4.25. The molecule has 1 heterocycles. The third-order valence-corrected chi connectivity index (χ3v) is 4.25. The van der Waals surface area contributed by atoms with Crippen LogP contribution in [0.3, 0.4) is 0 Å². The average molecular weight is 325 g/mol. The van der Waals surface area contributed by atoms with Gasteiger partial charge in [0.1, 0.15) is 0 Å². The Balaban J connectivity index is 1.76. The largest absolute Gasteiger partial charge is 0.399 e. The molecule has 3 N–H and O–H groups in total. The van der Waals surface area contributed by atoms with Crippen LogP contribution in [0.15, 0.2) is 54.6 Å². The number of urea groups is 1. The van der Waals surface area contributed by atoms with Gasteiger partial charge in [0.15, 0.2) is 0 Å². The lowest BCUT2D eigenvalue weighted by Gasteiger charge is -2.26. The van der Waals surface area contributed by atoms with Crippen LogP contribution in [-0.4, -0.2) is 25.8 Å². The molecule has 0 aliphatic carbocycles. The highest BCUT2D eigenvalue weighted by molar-refractivity contribution is 5.99. The topological polar surface area (TPSA) is 67.6 Å². The van der Waals surface area contributed by atoms with Gasteiger partial charge in [-0.05, 0) is 55.2 Å². The number of para-hydroxylation sites is 1. The van der Waals surface area contributed by atoms with E-state index < -0.39 is 0 Å². The molecule has 0 bridgehead atoms. The van der Waals surface area contributed by atoms with E-state index in [1.165, 1.54) is 0 Å². The lowest BCUT2D eigenvalue weighted by Crippen LogP contribution is -2.40. The summed E-state index contributed by atoms with van der Waals surface area (Å²) in [5.74, 6) is 0.478. The molecule has 24 heavy (non-hydrogen) atoms. The molecule has 1 fully saturated rings. The molecule has 1 saturated heterocycles. The number of rotatable bonds is 4. The number of nitrogens with two attached hydrogens (primary N) is 1. The second kappa shape index (κ2) is 7.84. The van der Waals surface area contributed by atoms with Gasteiger partial charge >= 0.3 is 6.03 Å². The number of amides is 2. The number of hydrogen-bond acceptors (Lipinski definition) is 3. The Labute approximate surface area is 142 Å². The Morgan fingerprint density at radius 3 is 2.33 bits per heavy atom. The predicted molar refractivity (Wildman–Crippen MR) is 96.4 cm³/mol. The van der Waals surface area contributed by atoms with Gasteiger partial charge in [0.25, 0.3) is 0 Å². The van der Waals surface area contributed by atoms with Gasteiger partial charge < -0.3 is 15.8 Å². The van der Waals surface area contributed by atoms with Crippen LogP contribution >= 0.6 is 0 Å². The van der Waals surface area contributed by atoms with Gasteiger partial charge in [-0.3, -0.25) is 4.90 Å². The molecule has 5 nitrogen and oxygen atoms in total. The second-order valence-electron chi connectivity index (χ2n) is 6.00. The van der Waals surface area contributed by atoms with E-state index in [1.807, 2.05) is 42.5 Å². The van der Waals surface area contributed by atoms with E-state index in [0.717, 1.165) is 37.4 Å². The molecule has 0 spiro atoms. The van der Waals surface area contributed by atoms with Gasteiger partial charge in [-0.1, -0.05) is 18.2 Å². The lowest BCUT2D eigenvalue weighted by molar-refractivity contribution is 0.0670. The highest BCUT2D eigenvalue weighted by Crippen LogP contribution is 2.26. The van der Waals surface area contributed by atoms with Crippen LogP contribution in [0.2, 0.25) is 0 Å². The molecule has 2 aromatic carbocycles. The summed E-state index contributed by atoms with van der Waals surface area (Å²) in [6, 6.07) is 16.8. The molecule has 5 heteroatoms. The minimum atomic E-state index is -0.127. The first-order valence-corrected chi connectivity index (χ1v) is 8.30. The van der Waals surface area contributed by atoms with Gasteiger partial charge in [-0.25, -0.2) is 4.79 Å². The van der Waals surface area contributed by atoms with E-state index in [-0.39, 0.29) is 6.03 Å². The van der Waals surface area contributed by atoms with E-state index in [9.17, 15) is 4.79 Å². The SMILES string of the molecule is Nc1ccc(N(C(=O)NCC2CCOCC2)c2ccccc2)cc1. The molecule has 0 aromatic heterocycles. The Bertz CT molecular complexity index is 652. The summed E-state index contributed by atoms with van der Waals surface area (Å²) >= 11 is 0. The monoisotopic (exact) mass is 325 g/mol. The first kappa shape index (κ1) is 16.3. The average Bonchev–Trinajstić information content (AvgIpc) is 2.64. The maximum absolute atomic E-state index is 12.8. The van der Waals surface area contributed by atoms with Gasteiger partial charge in [0.2, 0.25) is 0 Å². The zero-order valence-corrected chi connectivity index (χ0v) is 13.7. The fourth-order valence-electron chi connectivity index (χ4n) is 2.85. The first-order valence-electron chi connectivity index (χ1n) is 8.30. The van der Waals surface area contributed by atoms with Crippen LogP contribution in [0, 0.1) is 5.92 Å². The van der Waals surface area contributed by atoms with Crippen molar-refractivity contribution >= 4 is 23.1 Å². The fraction of sp³-hybridized carbons (Fsp3) is 0.316. The van der Waals surface area contributed by atoms with Crippen LogP contribution in [0.5, 0.6) is 0 Å². The molecular weight excluding hydrogens is 302 g/mol. The Hall–Kier alpha value is -2.53. The van der Waals surface area contributed by atoms with Crippen LogP contribution < -0.4 is 16.0 Å². The first-order chi connectivity index (χ1) is 11.7. The van der Waals surface area contributed by atoms with E-state index >= 15 is 0 Å². The van der Waals surface area contributed by atoms with Crippen LogP contribution in [0.4, 0.5) is 21.9 Å². The van der Waals surface area contributed by atoms with Crippen molar-refractivity contribution in [2.75, 3.05) is 30.4 Å². The van der Waals surface area contributed by atoms with Crippen molar-refractivity contribution in [1.82, 2.24) is 5.32 Å². The van der Waals surface area contributed by atoms with Crippen LogP contribution in [0.1, 0.15) is 12.8 Å². The van der Waals surface area contributed by atoms with Crippen molar-refractivity contribution in [3.63, 3.8) is 0 Å². The summed E-state index contributed by atoms with van der Waals surface area (Å²) in [5, 5.41) is 3.06. The number of nitrogens with zero attached hydrogens (tertiary/aromatic N) is 1. The lowest BCUT2D eigenvalue weighted by atomic mass is 10.0. The molecule has 2 aromatic rings. The van der Waals surface area contributed by atoms with Gasteiger partial charge in [0, 0.05) is 25.4 Å². The van der Waals surface area contributed by atoms with Crippen LogP contribution in [-0.2, 0) is 4.74 Å². The molecule has 1 aliphatic heterocycles.